The van der Waals surface area contributed by atoms with Crippen LogP contribution in [-0.4, -0.2) is 34.9 Å². The van der Waals surface area contributed by atoms with E-state index in [-0.39, 0.29) is 6.10 Å². The van der Waals surface area contributed by atoms with Crippen molar-refractivity contribution < 1.29 is 9.84 Å². The standard InChI is InChI=1S/C16H23N3O2/c17-14-5-6-15(18-16(14)21-9-10-1-2-10)19-11-3-4-12(19)8-13(20)7-11/h5-6,10-13,20H,1-4,7-9,17H2. The molecule has 5 heteroatoms. The number of piperidine rings is 1. The van der Waals surface area contributed by atoms with Crippen LogP contribution in [0.2, 0.25) is 0 Å². The molecule has 0 amide bonds. The van der Waals surface area contributed by atoms with Gasteiger partial charge >= 0.3 is 0 Å². The largest absolute Gasteiger partial charge is 0.476 e. The summed E-state index contributed by atoms with van der Waals surface area (Å²) in [6.45, 7) is 0.728. The van der Waals surface area contributed by atoms with E-state index in [9.17, 15) is 5.11 Å². The molecule has 2 unspecified atom stereocenters. The molecule has 2 aliphatic heterocycles. The lowest BCUT2D eigenvalue weighted by Crippen LogP contribution is -2.45. The number of fused-ring (bicyclic) bond motifs is 2. The van der Waals surface area contributed by atoms with Gasteiger partial charge in [-0.1, -0.05) is 0 Å². The predicted octanol–water partition coefficient (Wildman–Crippen LogP) is 1.94. The first-order valence-electron chi connectivity index (χ1n) is 8.06. The summed E-state index contributed by atoms with van der Waals surface area (Å²) in [4.78, 5) is 7.03. The minimum atomic E-state index is -0.155. The quantitative estimate of drug-likeness (QED) is 0.886. The first kappa shape index (κ1) is 13.2. The molecule has 1 aromatic heterocycles. The van der Waals surface area contributed by atoms with E-state index in [0.29, 0.717) is 29.6 Å². The van der Waals surface area contributed by atoms with E-state index < -0.39 is 0 Å². The lowest BCUT2D eigenvalue weighted by atomic mass is 10.00. The van der Waals surface area contributed by atoms with Crippen LogP contribution < -0.4 is 15.4 Å². The van der Waals surface area contributed by atoms with Gasteiger partial charge in [-0.05, 0) is 56.6 Å². The number of aromatic nitrogens is 1. The SMILES string of the molecule is Nc1ccc(N2C3CCC2CC(O)C3)nc1OCC1CC1. The van der Waals surface area contributed by atoms with Gasteiger partial charge in [0.15, 0.2) is 0 Å². The smallest absolute Gasteiger partial charge is 0.239 e. The normalized spacial score (nSPS) is 31.5. The summed E-state index contributed by atoms with van der Waals surface area (Å²) in [6.07, 6.45) is 6.35. The second-order valence-corrected chi connectivity index (χ2v) is 6.74. The fourth-order valence-electron chi connectivity index (χ4n) is 3.70. The molecule has 5 nitrogen and oxygen atoms in total. The van der Waals surface area contributed by atoms with E-state index in [2.05, 4.69) is 9.88 Å². The zero-order valence-corrected chi connectivity index (χ0v) is 12.2. The number of hydrogen-bond donors (Lipinski definition) is 2. The van der Waals surface area contributed by atoms with Gasteiger partial charge in [0.2, 0.25) is 5.88 Å². The van der Waals surface area contributed by atoms with E-state index in [1.54, 1.807) is 0 Å². The molecule has 3 heterocycles. The van der Waals surface area contributed by atoms with Crippen molar-refractivity contribution in [3.8, 4) is 5.88 Å². The van der Waals surface area contributed by atoms with Crippen LogP contribution in [0.3, 0.4) is 0 Å². The number of nitrogens with zero attached hydrogens (tertiary/aromatic N) is 2. The van der Waals surface area contributed by atoms with Crippen molar-refractivity contribution in [2.75, 3.05) is 17.2 Å². The number of anilines is 2. The van der Waals surface area contributed by atoms with Gasteiger partial charge < -0.3 is 20.5 Å². The number of rotatable bonds is 4. The number of aliphatic hydroxyl groups excluding tert-OH is 1. The molecular formula is C16H23N3O2. The molecule has 0 aromatic carbocycles. The highest BCUT2D eigenvalue weighted by molar-refractivity contribution is 5.56. The van der Waals surface area contributed by atoms with Crippen LogP contribution in [0.1, 0.15) is 38.5 Å². The third kappa shape index (κ3) is 2.55. The molecule has 2 saturated heterocycles. The van der Waals surface area contributed by atoms with E-state index in [0.717, 1.165) is 38.1 Å². The second-order valence-electron chi connectivity index (χ2n) is 6.74. The van der Waals surface area contributed by atoms with Gasteiger partial charge in [0, 0.05) is 12.1 Å². The number of nitrogens with two attached hydrogens (primary N) is 1. The highest BCUT2D eigenvalue weighted by Crippen LogP contribution is 2.40. The fraction of sp³-hybridized carbons (Fsp3) is 0.688. The molecule has 114 valence electrons. The lowest BCUT2D eigenvalue weighted by Gasteiger charge is -2.38. The highest BCUT2D eigenvalue weighted by atomic mass is 16.5. The predicted molar refractivity (Wildman–Crippen MR) is 81.4 cm³/mol. The molecule has 1 aliphatic carbocycles. The molecule has 3 aliphatic rings. The van der Waals surface area contributed by atoms with Crippen LogP contribution >= 0.6 is 0 Å². The third-order valence-corrected chi connectivity index (χ3v) is 5.00. The Bertz CT molecular complexity index is 518. The van der Waals surface area contributed by atoms with Crippen LogP contribution in [0.5, 0.6) is 5.88 Å². The number of pyridine rings is 1. The van der Waals surface area contributed by atoms with Gasteiger partial charge in [0.05, 0.1) is 18.4 Å². The Balaban J connectivity index is 1.55. The first-order chi connectivity index (χ1) is 10.2. The Morgan fingerprint density at radius 1 is 1.19 bits per heavy atom. The maximum Gasteiger partial charge on any atom is 0.239 e. The molecule has 21 heavy (non-hydrogen) atoms. The second kappa shape index (κ2) is 5.05. The van der Waals surface area contributed by atoms with Crippen LogP contribution in [0.4, 0.5) is 11.5 Å². The van der Waals surface area contributed by atoms with Crippen LogP contribution in [0.15, 0.2) is 12.1 Å². The van der Waals surface area contributed by atoms with Crippen molar-refractivity contribution in [2.45, 2.75) is 56.7 Å². The molecule has 0 radical (unpaired) electrons. The molecule has 0 spiro atoms. The highest BCUT2D eigenvalue weighted by Gasteiger charge is 2.41. The Hall–Kier alpha value is -1.49. The van der Waals surface area contributed by atoms with Gasteiger partial charge in [-0.25, -0.2) is 0 Å². The minimum absolute atomic E-state index is 0.155. The molecule has 2 atom stereocenters. The van der Waals surface area contributed by atoms with E-state index in [1.807, 2.05) is 12.1 Å². The summed E-state index contributed by atoms with van der Waals surface area (Å²) < 4.78 is 5.79. The van der Waals surface area contributed by atoms with Crippen molar-refractivity contribution in [2.24, 2.45) is 5.92 Å². The van der Waals surface area contributed by atoms with Gasteiger partial charge in [0.1, 0.15) is 5.82 Å². The summed E-state index contributed by atoms with van der Waals surface area (Å²) in [5, 5.41) is 9.91. The van der Waals surface area contributed by atoms with Gasteiger partial charge in [0.25, 0.3) is 0 Å². The van der Waals surface area contributed by atoms with Crippen molar-refractivity contribution in [1.82, 2.24) is 4.98 Å². The van der Waals surface area contributed by atoms with Crippen LogP contribution in [0.25, 0.3) is 0 Å². The Morgan fingerprint density at radius 2 is 1.90 bits per heavy atom. The van der Waals surface area contributed by atoms with E-state index in [1.165, 1.54) is 12.8 Å². The molecule has 1 aromatic rings. The average Bonchev–Trinajstić information content (AvgIpc) is 3.24. The van der Waals surface area contributed by atoms with Crippen molar-refractivity contribution >= 4 is 11.5 Å². The summed E-state index contributed by atoms with van der Waals surface area (Å²) in [7, 11) is 0. The lowest BCUT2D eigenvalue weighted by molar-refractivity contribution is 0.126. The van der Waals surface area contributed by atoms with Gasteiger partial charge in [-0.15, -0.1) is 0 Å². The molecule has 1 saturated carbocycles. The fourth-order valence-corrected chi connectivity index (χ4v) is 3.70. The third-order valence-electron chi connectivity index (χ3n) is 5.00. The monoisotopic (exact) mass is 289 g/mol. The van der Waals surface area contributed by atoms with Gasteiger partial charge in [-0.2, -0.15) is 4.98 Å². The molecular weight excluding hydrogens is 266 g/mol. The van der Waals surface area contributed by atoms with Crippen molar-refractivity contribution in [3.63, 3.8) is 0 Å². The van der Waals surface area contributed by atoms with Crippen molar-refractivity contribution in [3.05, 3.63) is 12.1 Å². The zero-order valence-electron chi connectivity index (χ0n) is 12.2. The number of aliphatic hydroxyl groups is 1. The maximum atomic E-state index is 9.91. The van der Waals surface area contributed by atoms with Gasteiger partial charge in [-0.3, -0.25) is 0 Å². The maximum absolute atomic E-state index is 9.91. The van der Waals surface area contributed by atoms with Crippen molar-refractivity contribution in [1.29, 1.82) is 0 Å². The zero-order chi connectivity index (χ0) is 14.4. The molecule has 3 N–H and O–H groups in total. The average molecular weight is 289 g/mol. The number of nitrogen functional groups attached to an aromatic ring is 1. The molecule has 2 bridgehead atoms. The Kier molecular flexibility index (Phi) is 3.17. The molecule has 4 rings (SSSR count). The van der Waals surface area contributed by atoms with Crippen LogP contribution in [-0.2, 0) is 0 Å². The number of ether oxygens (including phenoxy) is 1. The first-order valence-corrected chi connectivity index (χ1v) is 8.06. The summed E-state index contributed by atoms with van der Waals surface area (Å²) in [5.74, 6) is 2.22. The molecule has 3 fully saturated rings. The Morgan fingerprint density at radius 3 is 2.57 bits per heavy atom. The van der Waals surface area contributed by atoms with Crippen LogP contribution in [0, 0.1) is 5.92 Å². The summed E-state index contributed by atoms with van der Waals surface area (Å²) in [6, 6.07) is 4.70. The summed E-state index contributed by atoms with van der Waals surface area (Å²) in [5.41, 5.74) is 6.60. The minimum Gasteiger partial charge on any atom is -0.476 e. The van der Waals surface area contributed by atoms with E-state index in [4.69, 9.17) is 10.5 Å². The Labute approximate surface area is 125 Å². The van der Waals surface area contributed by atoms with E-state index >= 15 is 0 Å². The summed E-state index contributed by atoms with van der Waals surface area (Å²) >= 11 is 0. The number of hydrogen-bond acceptors (Lipinski definition) is 5. The topological polar surface area (TPSA) is 71.6 Å².